The largest absolute Gasteiger partial charge is 0.480 e. The number of nitrogens with one attached hydrogen (secondary N) is 2. The minimum absolute atomic E-state index is 0.0106. The number of fused-ring (bicyclic) bond motifs is 3. The lowest BCUT2D eigenvalue weighted by atomic mass is 9.96. The van der Waals surface area contributed by atoms with Gasteiger partial charge < -0.3 is 44.2 Å². The van der Waals surface area contributed by atoms with Gasteiger partial charge in [0.15, 0.2) is 18.5 Å². The third-order valence-electron chi connectivity index (χ3n) is 8.17. The van der Waals surface area contributed by atoms with E-state index in [1.165, 1.54) is 13.8 Å². The number of esters is 3. The average Bonchev–Trinajstić information content (AvgIpc) is 3.37. The van der Waals surface area contributed by atoms with Crippen molar-refractivity contribution >= 4 is 35.9 Å². The Kier molecular flexibility index (Phi) is 13.3. The van der Waals surface area contributed by atoms with Crippen molar-refractivity contribution in [3.63, 3.8) is 0 Å². The Bertz CT molecular complexity index is 1520. The van der Waals surface area contributed by atoms with Gasteiger partial charge in [0.25, 0.3) is 0 Å². The first-order chi connectivity index (χ1) is 23.8. The Balaban J connectivity index is 1.33. The highest BCUT2D eigenvalue weighted by Crippen LogP contribution is 2.44. The zero-order chi connectivity index (χ0) is 36.4. The van der Waals surface area contributed by atoms with Crippen LogP contribution in [-0.4, -0.2) is 97.5 Å². The number of hydrogen-bond donors (Lipinski definition) is 3. The highest BCUT2D eigenvalue weighted by Gasteiger charge is 2.51. The van der Waals surface area contributed by atoms with E-state index in [0.29, 0.717) is 12.8 Å². The van der Waals surface area contributed by atoms with Gasteiger partial charge in [-0.1, -0.05) is 48.5 Å². The molecule has 15 heteroatoms. The zero-order valence-electron chi connectivity index (χ0n) is 28.2. The van der Waals surface area contributed by atoms with Gasteiger partial charge in [0, 0.05) is 40.2 Å². The SMILES string of the molecule is CC(=O)N[C@H]1[C@@H](OCCCC[C@H](NC(=O)OCC2c3ccccc3-c3ccccc32)C(=O)O)O[C@H](COC(C)=O)[C@H](OC(C)=O)[C@@H]1OC(C)=O. The Hall–Kier alpha value is -5.02. The molecule has 0 saturated carbocycles. The lowest BCUT2D eigenvalue weighted by Crippen LogP contribution is -2.66. The molecule has 1 aliphatic heterocycles. The van der Waals surface area contributed by atoms with E-state index in [9.17, 15) is 33.9 Å². The first kappa shape index (κ1) is 37.8. The molecule has 3 N–H and O–H groups in total. The fourth-order valence-electron chi connectivity index (χ4n) is 6.12. The van der Waals surface area contributed by atoms with Crippen LogP contribution in [0.15, 0.2) is 48.5 Å². The number of aliphatic carboxylic acids is 1. The summed E-state index contributed by atoms with van der Waals surface area (Å²) in [5.41, 5.74) is 4.18. The van der Waals surface area contributed by atoms with Crippen LogP contribution >= 0.6 is 0 Å². The minimum atomic E-state index is -1.27. The number of hydrogen-bond acceptors (Lipinski definition) is 12. The van der Waals surface area contributed by atoms with E-state index in [0.717, 1.165) is 36.1 Å². The number of carboxylic acids is 1. The number of alkyl carbamates (subject to hydrolysis) is 1. The maximum atomic E-state index is 12.7. The van der Waals surface area contributed by atoms with Crippen LogP contribution in [0.4, 0.5) is 4.79 Å². The molecular weight excluding hydrogens is 656 g/mol. The van der Waals surface area contributed by atoms with E-state index < -0.39 is 72.6 Å². The van der Waals surface area contributed by atoms with Crippen molar-refractivity contribution in [3.8, 4) is 11.1 Å². The first-order valence-corrected chi connectivity index (χ1v) is 16.2. The molecular formula is C35H42N2O13. The van der Waals surface area contributed by atoms with Crippen LogP contribution in [0.3, 0.4) is 0 Å². The van der Waals surface area contributed by atoms with Gasteiger partial charge in [0.05, 0.1) is 0 Å². The molecule has 0 radical (unpaired) electrons. The number of carbonyl (C=O) groups excluding carboxylic acids is 5. The molecule has 2 aromatic carbocycles. The molecule has 6 atom stereocenters. The molecule has 0 bridgehead atoms. The van der Waals surface area contributed by atoms with Crippen LogP contribution in [-0.2, 0) is 52.4 Å². The molecule has 15 nitrogen and oxygen atoms in total. The van der Waals surface area contributed by atoms with Gasteiger partial charge in [-0.15, -0.1) is 0 Å². The monoisotopic (exact) mass is 698 g/mol. The number of ether oxygens (including phenoxy) is 6. The molecule has 50 heavy (non-hydrogen) atoms. The number of rotatable bonds is 15. The average molecular weight is 699 g/mol. The number of unbranched alkanes of at least 4 members (excludes halogenated alkanes) is 1. The van der Waals surface area contributed by atoms with Crippen LogP contribution in [0.1, 0.15) is 64.0 Å². The topological polar surface area (TPSA) is 202 Å². The second-order valence-corrected chi connectivity index (χ2v) is 11.9. The second kappa shape index (κ2) is 17.6. The summed E-state index contributed by atoms with van der Waals surface area (Å²) in [6.45, 7) is 4.32. The predicted octanol–water partition coefficient (Wildman–Crippen LogP) is 2.82. The normalized spacial score (nSPS) is 21.5. The van der Waals surface area contributed by atoms with Crippen molar-refractivity contribution in [3.05, 3.63) is 59.7 Å². The summed E-state index contributed by atoms with van der Waals surface area (Å²) >= 11 is 0. The van der Waals surface area contributed by atoms with Gasteiger partial charge in [-0.3, -0.25) is 19.2 Å². The summed E-state index contributed by atoms with van der Waals surface area (Å²) in [5, 5.41) is 14.8. The Morgan fingerprint density at radius 1 is 0.780 bits per heavy atom. The van der Waals surface area contributed by atoms with Crippen LogP contribution < -0.4 is 10.6 Å². The lowest BCUT2D eigenvalue weighted by Gasteiger charge is -2.44. The molecule has 270 valence electrons. The first-order valence-electron chi connectivity index (χ1n) is 16.2. The summed E-state index contributed by atoms with van der Waals surface area (Å²) in [5.74, 6) is -4.06. The number of amides is 2. The summed E-state index contributed by atoms with van der Waals surface area (Å²) in [4.78, 5) is 72.3. The van der Waals surface area contributed by atoms with E-state index in [1.807, 2.05) is 48.5 Å². The van der Waals surface area contributed by atoms with Gasteiger partial charge in [-0.25, -0.2) is 9.59 Å². The van der Waals surface area contributed by atoms with Crippen molar-refractivity contribution in [2.24, 2.45) is 0 Å². The van der Waals surface area contributed by atoms with E-state index in [1.54, 1.807) is 0 Å². The van der Waals surface area contributed by atoms with E-state index in [-0.39, 0.29) is 32.2 Å². The summed E-state index contributed by atoms with van der Waals surface area (Å²) in [6.07, 6.45) is -5.12. The zero-order valence-corrected chi connectivity index (χ0v) is 28.2. The van der Waals surface area contributed by atoms with E-state index in [2.05, 4.69) is 10.6 Å². The van der Waals surface area contributed by atoms with Gasteiger partial charge in [0.2, 0.25) is 5.91 Å². The third-order valence-corrected chi connectivity index (χ3v) is 8.17. The van der Waals surface area contributed by atoms with Crippen LogP contribution in [0, 0.1) is 0 Å². The molecule has 0 unspecified atom stereocenters. The summed E-state index contributed by atoms with van der Waals surface area (Å²) in [7, 11) is 0. The summed E-state index contributed by atoms with van der Waals surface area (Å²) < 4.78 is 33.3. The molecule has 2 amide bonds. The Morgan fingerprint density at radius 3 is 1.94 bits per heavy atom. The highest BCUT2D eigenvalue weighted by molar-refractivity contribution is 5.81. The molecule has 1 heterocycles. The fourth-order valence-corrected chi connectivity index (χ4v) is 6.12. The fraction of sp³-hybridized carbons (Fsp3) is 0.486. The standard InChI is InChI=1S/C35H42N2O13/c1-19(38)36-30-32(49-22(4)41)31(48-21(3)40)29(18-46-20(2)39)50-34(30)45-16-10-9-15-28(33(42)43)37-35(44)47-17-27-25-13-7-5-11-23(25)24-12-6-8-14-26(24)27/h5-8,11-14,27-32,34H,9-10,15-18H2,1-4H3,(H,36,38)(H,37,44)(H,42,43)/t28-,29+,30+,31-,32+,34-/m0/s1. The highest BCUT2D eigenvalue weighted by atomic mass is 16.7. The number of benzene rings is 2. The van der Waals surface area contributed by atoms with Crippen molar-refractivity contribution in [1.82, 2.24) is 10.6 Å². The molecule has 2 aliphatic rings. The quantitative estimate of drug-likeness (QED) is 0.139. The molecule has 4 rings (SSSR count). The molecule has 0 spiro atoms. The van der Waals surface area contributed by atoms with Crippen molar-refractivity contribution in [2.45, 2.75) is 89.6 Å². The maximum Gasteiger partial charge on any atom is 0.407 e. The maximum absolute atomic E-state index is 12.7. The lowest BCUT2D eigenvalue weighted by molar-refractivity contribution is -0.277. The van der Waals surface area contributed by atoms with Gasteiger partial charge in [0.1, 0.15) is 31.4 Å². The predicted molar refractivity (Wildman–Crippen MR) is 173 cm³/mol. The van der Waals surface area contributed by atoms with Crippen LogP contribution in [0.25, 0.3) is 11.1 Å². The Labute approximate surface area is 288 Å². The molecule has 1 fully saturated rings. The van der Waals surface area contributed by atoms with Crippen LogP contribution in [0.5, 0.6) is 0 Å². The van der Waals surface area contributed by atoms with Crippen molar-refractivity contribution < 1.29 is 62.3 Å². The van der Waals surface area contributed by atoms with Crippen molar-refractivity contribution in [1.29, 1.82) is 0 Å². The number of carboxylic acid groups (broad SMARTS) is 1. The van der Waals surface area contributed by atoms with Gasteiger partial charge in [-0.2, -0.15) is 0 Å². The molecule has 2 aromatic rings. The Morgan fingerprint density at radius 2 is 1.38 bits per heavy atom. The van der Waals surface area contributed by atoms with Gasteiger partial charge >= 0.3 is 30.0 Å². The van der Waals surface area contributed by atoms with E-state index >= 15 is 0 Å². The second-order valence-electron chi connectivity index (χ2n) is 11.9. The van der Waals surface area contributed by atoms with Gasteiger partial charge in [-0.05, 0) is 41.5 Å². The smallest absolute Gasteiger partial charge is 0.407 e. The third kappa shape index (κ3) is 10.0. The minimum Gasteiger partial charge on any atom is -0.480 e. The molecule has 0 aromatic heterocycles. The summed E-state index contributed by atoms with van der Waals surface area (Å²) in [6, 6.07) is 13.3. The number of carbonyl (C=O) groups is 6. The van der Waals surface area contributed by atoms with Crippen molar-refractivity contribution in [2.75, 3.05) is 19.8 Å². The molecule has 1 saturated heterocycles. The van der Waals surface area contributed by atoms with Crippen LogP contribution in [0.2, 0.25) is 0 Å². The molecule has 1 aliphatic carbocycles. The van der Waals surface area contributed by atoms with E-state index in [4.69, 9.17) is 28.4 Å².